The van der Waals surface area contributed by atoms with E-state index in [0.717, 1.165) is 36.4 Å². The Morgan fingerprint density at radius 1 is 1.15 bits per heavy atom. The quantitative estimate of drug-likeness (QED) is 0.596. The summed E-state index contributed by atoms with van der Waals surface area (Å²) in [6, 6.07) is 15.5. The molecule has 5 nitrogen and oxygen atoms in total. The van der Waals surface area contributed by atoms with Crippen molar-refractivity contribution in [1.82, 2.24) is 5.32 Å². The zero-order valence-corrected chi connectivity index (χ0v) is 15.6. The fraction of sp³-hybridized carbons (Fsp3) is 0.250. The number of nitrogens with one attached hydrogen (secondary N) is 1. The minimum absolute atomic E-state index is 0.0143. The second kappa shape index (κ2) is 9.79. The molecule has 138 valence electrons. The number of fused-ring (bicyclic) bond motifs is 1. The maximum Gasteiger partial charge on any atom is 0.300 e. The molecule has 0 aliphatic rings. The van der Waals surface area contributed by atoms with Crippen molar-refractivity contribution >= 4 is 28.1 Å². The standard InChI is InChI=1S/C18H19NO2S.C2H4O2/c1-19-11-10-17(18-7-4-12-22-18)21-16-9-8-15(20)13-5-2-3-6-14(13)16;1-2(3)4/h2-9,12,17,19-20H,10-11H2,1H3;1H3,(H,3,4)/t17-;/m0./s1. The Labute approximate surface area is 156 Å². The van der Waals surface area contributed by atoms with Crippen molar-refractivity contribution < 1.29 is 19.7 Å². The predicted molar refractivity (Wildman–Crippen MR) is 105 cm³/mol. The summed E-state index contributed by atoms with van der Waals surface area (Å²) in [5.74, 6) is 0.258. The molecule has 3 aromatic rings. The number of carboxylic acids is 1. The Morgan fingerprint density at radius 2 is 1.85 bits per heavy atom. The summed E-state index contributed by atoms with van der Waals surface area (Å²) in [6.07, 6.45) is 0.909. The van der Waals surface area contributed by atoms with Crippen LogP contribution in [0.3, 0.4) is 0 Å². The first-order chi connectivity index (χ1) is 12.5. The Kier molecular flexibility index (Phi) is 7.44. The second-order valence-corrected chi connectivity index (χ2v) is 6.64. The van der Waals surface area contributed by atoms with Gasteiger partial charge in [-0.15, -0.1) is 11.3 Å². The van der Waals surface area contributed by atoms with Crippen molar-refractivity contribution in [2.75, 3.05) is 13.6 Å². The van der Waals surface area contributed by atoms with Crippen molar-refractivity contribution in [2.45, 2.75) is 19.4 Å². The summed E-state index contributed by atoms with van der Waals surface area (Å²) in [4.78, 5) is 10.2. The monoisotopic (exact) mass is 373 g/mol. The zero-order chi connectivity index (χ0) is 18.9. The van der Waals surface area contributed by atoms with Gasteiger partial charge in [0.1, 0.15) is 17.6 Å². The zero-order valence-electron chi connectivity index (χ0n) is 14.8. The molecule has 3 rings (SSSR count). The van der Waals surface area contributed by atoms with Gasteiger partial charge in [-0.05, 0) is 37.2 Å². The van der Waals surface area contributed by atoms with Crippen LogP contribution >= 0.6 is 11.3 Å². The number of carbonyl (C=O) groups is 1. The Balaban J connectivity index is 0.000000552. The van der Waals surface area contributed by atoms with Crippen LogP contribution in [0.4, 0.5) is 0 Å². The van der Waals surface area contributed by atoms with Crippen LogP contribution < -0.4 is 10.1 Å². The van der Waals surface area contributed by atoms with E-state index in [1.807, 2.05) is 43.4 Å². The largest absolute Gasteiger partial charge is 0.507 e. The number of rotatable bonds is 6. The minimum Gasteiger partial charge on any atom is -0.507 e. The molecule has 2 aromatic carbocycles. The van der Waals surface area contributed by atoms with Crippen LogP contribution in [0.1, 0.15) is 24.3 Å². The van der Waals surface area contributed by atoms with Gasteiger partial charge in [0.15, 0.2) is 0 Å². The third kappa shape index (κ3) is 5.47. The van der Waals surface area contributed by atoms with E-state index in [2.05, 4.69) is 16.8 Å². The normalized spacial score (nSPS) is 11.5. The lowest BCUT2D eigenvalue weighted by molar-refractivity contribution is -0.134. The van der Waals surface area contributed by atoms with Crippen molar-refractivity contribution in [2.24, 2.45) is 0 Å². The molecule has 0 saturated carbocycles. The molecule has 6 heteroatoms. The molecular formula is C20H23NO4S. The van der Waals surface area contributed by atoms with Gasteiger partial charge in [0.25, 0.3) is 5.97 Å². The maximum absolute atomic E-state index is 9.99. The number of aliphatic carboxylic acids is 1. The van der Waals surface area contributed by atoms with Gasteiger partial charge < -0.3 is 20.3 Å². The number of thiophene rings is 1. The molecule has 0 saturated heterocycles. The van der Waals surface area contributed by atoms with Crippen molar-refractivity contribution in [1.29, 1.82) is 0 Å². The van der Waals surface area contributed by atoms with Crippen LogP contribution in [-0.2, 0) is 4.79 Å². The molecule has 1 heterocycles. The number of carboxylic acid groups (broad SMARTS) is 1. The fourth-order valence-electron chi connectivity index (χ4n) is 2.52. The minimum atomic E-state index is -0.833. The summed E-state index contributed by atoms with van der Waals surface area (Å²) < 4.78 is 6.29. The van der Waals surface area contributed by atoms with E-state index in [9.17, 15) is 5.11 Å². The highest BCUT2D eigenvalue weighted by molar-refractivity contribution is 7.10. The van der Waals surface area contributed by atoms with E-state index in [4.69, 9.17) is 14.6 Å². The van der Waals surface area contributed by atoms with E-state index in [1.165, 1.54) is 4.88 Å². The highest BCUT2D eigenvalue weighted by Crippen LogP contribution is 2.36. The molecule has 0 aliphatic carbocycles. The van der Waals surface area contributed by atoms with Gasteiger partial charge in [-0.25, -0.2) is 0 Å². The number of hydrogen-bond donors (Lipinski definition) is 3. The smallest absolute Gasteiger partial charge is 0.300 e. The number of phenols is 1. The summed E-state index contributed by atoms with van der Waals surface area (Å²) in [6.45, 7) is 1.97. The van der Waals surface area contributed by atoms with Crippen LogP contribution in [0, 0.1) is 0 Å². The lowest BCUT2D eigenvalue weighted by Crippen LogP contribution is -2.15. The Morgan fingerprint density at radius 3 is 2.46 bits per heavy atom. The van der Waals surface area contributed by atoms with Crippen LogP contribution in [0.15, 0.2) is 53.9 Å². The van der Waals surface area contributed by atoms with Crippen molar-refractivity contribution in [3.8, 4) is 11.5 Å². The third-order valence-electron chi connectivity index (χ3n) is 3.65. The maximum atomic E-state index is 9.99. The fourth-order valence-corrected chi connectivity index (χ4v) is 3.31. The Bertz CT molecular complexity index is 829. The molecule has 26 heavy (non-hydrogen) atoms. The molecule has 0 unspecified atom stereocenters. The molecule has 1 atom stereocenters. The molecule has 0 bridgehead atoms. The first-order valence-electron chi connectivity index (χ1n) is 8.27. The lowest BCUT2D eigenvalue weighted by Gasteiger charge is -2.19. The predicted octanol–water partition coefficient (Wildman–Crippen LogP) is 4.43. The summed E-state index contributed by atoms with van der Waals surface area (Å²) in [5, 5.41) is 24.4. The number of phenolic OH excluding ortho intramolecular Hbond substituents is 1. The van der Waals surface area contributed by atoms with Gasteiger partial charge >= 0.3 is 0 Å². The second-order valence-electron chi connectivity index (χ2n) is 5.66. The van der Waals surface area contributed by atoms with Crippen LogP contribution in [0.2, 0.25) is 0 Å². The molecule has 3 N–H and O–H groups in total. The van der Waals surface area contributed by atoms with Gasteiger partial charge in [-0.2, -0.15) is 0 Å². The number of ether oxygens (including phenoxy) is 1. The van der Waals surface area contributed by atoms with Gasteiger partial charge in [0.2, 0.25) is 0 Å². The van der Waals surface area contributed by atoms with E-state index in [-0.39, 0.29) is 11.9 Å². The highest BCUT2D eigenvalue weighted by Gasteiger charge is 2.16. The Hall–Kier alpha value is -2.57. The van der Waals surface area contributed by atoms with E-state index in [0.29, 0.717) is 0 Å². The van der Waals surface area contributed by atoms with E-state index < -0.39 is 5.97 Å². The van der Waals surface area contributed by atoms with E-state index >= 15 is 0 Å². The summed E-state index contributed by atoms with van der Waals surface area (Å²) in [5.41, 5.74) is 0. The summed E-state index contributed by atoms with van der Waals surface area (Å²) >= 11 is 1.71. The van der Waals surface area contributed by atoms with Gasteiger partial charge in [0, 0.05) is 29.0 Å². The van der Waals surface area contributed by atoms with Crippen molar-refractivity contribution in [3.05, 3.63) is 58.8 Å². The first-order valence-corrected chi connectivity index (χ1v) is 9.15. The molecular weight excluding hydrogens is 350 g/mol. The molecule has 0 radical (unpaired) electrons. The first kappa shape index (κ1) is 19.8. The average molecular weight is 373 g/mol. The van der Waals surface area contributed by atoms with E-state index in [1.54, 1.807) is 17.4 Å². The van der Waals surface area contributed by atoms with Gasteiger partial charge in [0.05, 0.1) is 0 Å². The third-order valence-corrected chi connectivity index (χ3v) is 4.61. The van der Waals surface area contributed by atoms with Gasteiger partial charge in [-0.3, -0.25) is 4.79 Å². The molecule has 0 spiro atoms. The van der Waals surface area contributed by atoms with Crippen LogP contribution in [-0.4, -0.2) is 29.8 Å². The number of benzene rings is 2. The molecule has 0 fully saturated rings. The summed E-state index contributed by atoms with van der Waals surface area (Å²) in [7, 11) is 1.95. The molecule has 1 aromatic heterocycles. The van der Waals surface area contributed by atoms with Crippen LogP contribution in [0.25, 0.3) is 10.8 Å². The highest BCUT2D eigenvalue weighted by atomic mass is 32.1. The topological polar surface area (TPSA) is 78.8 Å². The average Bonchev–Trinajstić information content (AvgIpc) is 3.15. The lowest BCUT2D eigenvalue weighted by atomic mass is 10.1. The van der Waals surface area contributed by atoms with Gasteiger partial charge in [-0.1, -0.05) is 30.3 Å². The molecule has 0 aliphatic heterocycles. The number of aromatic hydroxyl groups is 1. The number of hydrogen-bond acceptors (Lipinski definition) is 5. The molecule has 0 amide bonds. The SMILES string of the molecule is CC(=O)O.CNCC[C@H](Oc1ccc(O)c2ccccc12)c1cccs1. The van der Waals surface area contributed by atoms with Crippen LogP contribution in [0.5, 0.6) is 11.5 Å². The van der Waals surface area contributed by atoms with Crippen molar-refractivity contribution in [3.63, 3.8) is 0 Å².